The molecule has 2 aliphatic heterocycles. The molecule has 7 heteroatoms. The maximum Gasteiger partial charge on any atom is 0.225 e. The van der Waals surface area contributed by atoms with Crippen molar-refractivity contribution >= 4 is 15.9 Å². The van der Waals surface area contributed by atoms with Crippen LogP contribution in [0.3, 0.4) is 0 Å². The SMILES string of the molecule is CCS(=O)(=O)NC1CCN(C(=O)C(C)C)C1Cc1cccc(C#CC2(C)COC2)c1. The highest BCUT2D eigenvalue weighted by Gasteiger charge is 2.39. The molecule has 0 radical (unpaired) electrons. The second kappa shape index (κ2) is 9.09. The Morgan fingerprint density at radius 3 is 2.70 bits per heavy atom. The minimum Gasteiger partial charge on any atom is -0.378 e. The maximum absolute atomic E-state index is 12.8. The van der Waals surface area contributed by atoms with Gasteiger partial charge < -0.3 is 9.64 Å². The summed E-state index contributed by atoms with van der Waals surface area (Å²) in [6.07, 6.45) is 1.21. The molecular formula is C23H32N2O4S. The summed E-state index contributed by atoms with van der Waals surface area (Å²) >= 11 is 0. The predicted molar refractivity (Wildman–Crippen MR) is 117 cm³/mol. The quantitative estimate of drug-likeness (QED) is 0.699. The van der Waals surface area contributed by atoms with Crippen LogP contribution in [0.2, 0.25) is 0 Å². The van der Waals surface area contributed by atoms with E-state index >= 15 is 0 Å². The first-order chi connectivity index (χ1) is 14.1. The van der Waals surface area contributed by atoms with Gasteiger partial charge >= 0.3 is 0 Å². The predicted octanol–water partition coefficient (Wildman–Crippen LogP) is 2.18. The molecule has 2 unspecified atom stereocenters. The molecular weight excluding hydrogens is 400 g/mol. The number of ether oxygens (including phenoxy) is 1. The van der Waals surface area contributed by atoms with Crippen LogP contribution in [-0.4, -0.2) is 56.8 Å². The summed E-state index contributed by atoms with van der Waals surface area (Å²) in [6, 6.07) is 7.51. The fourth-order valence-electron chi connectivity index (χ4n) is 3.88. The molecule has 2 atom stereocenters. The summed E-state index contributed by atoms with van der Waals surface area (Å²) in [5, 5.41) is 0. The molecule has 164 valence electrons. The molecule has 2 saturated heterocycles. The Hall–Kier alpha value is -1.88. The number of nitrogens with zero attached hydrogens (tertiary/aromatic N) is 1. The van der Waals surface area contributed by atoms with Crippen molar-refractivity contribution in [2.45, 2.75) is 52.6 Å². The van der Waals surface area contributed by atoms with Gasteiger partial charge in [0.1, 0.15) is 0 Å². The molecule has 0 spiro atoms. The van der Waals surface area contributed by atoms with Crippen LogP contribution in [0.4, 0.5) is 0 Å². The second-order valence-corrected chi connectivity index (χ2v) is 10.9. The lowest BCUT2D eigenvalue weighted by Crippen LogP contribution is -2.49. The Balaban J connectivity index is 1.82. The van der Waals surface area contributed by atoms with Gasteiger partial charge in [-0.1, -0.05) is 37.8 Å². The fraction of sp³-hybridized carbons (Fsp3) is 0.609. The Kier molecular flexibility index (Phi) is 6.91. The van der Waals surface area contributed by atoms with E-state index in [2.05, 4.69) is 23.5 Å². The van der Waals surface area contributed by atoms with E-state index in [1.807, 2.05) is 43.0 Å². The molecule has 0 saturated carbocycles. The smallest absolute Gasteiger partial charge is 0.225 e. The first-order valence-corrected chi connectivity index (χ1v) is 12.3. The van der Waals surface area contributed by atoms with Crippen molar-refractivity contribution in [1.82, 2.24) is 9.62 Å². The van der Waals surface area contributed by atoms with Crippen molar-refractivity contribution in [2.75, 3.05) is 25.5 Å². The maximum atomic E-state index is 12.8. The summed E-state index contributed by atoms with van der Waals surface area (Å²) in [5.41, 5.74) is 1.89. The molecule has 0 bridgehead atoms. The lowest BCUT2D eigenvalue weighted by molar-refractivity contribution is -0.135. The number of carbonyl (C=O) groups is 1. The van der Waals surface area contributed by atoms with Crippen LogP contribution in [0.15, 0.2) is 24.3 Å². The van der Waals surface area contributed by atoms with E-state index < -0.39 is 10.0 Å². The molecule has 0 aliphatic carbocycles. The number of rotatable bonds is 6. The van der Waals surface area contributed by atoms with Crippen LogP contribution in [0.5, 0.6) is 0 Å². The van der Waals surface area contributed by atoms with E-state index in [4.69, 9.17) is 4.74 Å². The lowest BCUT2D eigenvalue weighted by Gasteiger charge is -2.32. The van der Waals surface area contributed by atoms with E-state index in [1.54, 1.807) is 6.92 Å². The van der Waals surface area contributed by atoms with Crippen LogP contribution in [0, 0.1) is 23.2 Å². The molecule has 1 N–H and O–H groups in total. The van der Waals surface area contributed by atoms with Crippen LogP contribution < -0.4 is 4.72 Å². The van der Waals surface area contributed by atoms with E-state index in [0.29, 0.717) is 32.6 Å². The van der Waals surface area contributed by atoms with Crippen LogP contribution in [0.1, 0.15) is 45.2 Å². The van der Waals surface area contributed by atoms with Gasteiger partial charge in [-0.3, -0.25) is 4.79 Å². The number of hydrogen-bond acceptors (Lipinski definition) is 4. The van der Waals surface area contributed by atoms with Crippen molar-refractivity contribution in [3.8, 4) is 11.8 Å². The standard InChI is InChI=1S/C23H32N2O4S/c1-5-30(27,28)24-20-10-12-25(22(26)17(2)3)21(20)14-19-8-6-7-18(13-19)9-11-23(4)15-29-16-23/h6-8,13,17,20-21,24H,5,10,12,14-16H2,1-4H3. The number of likely N-dealkylation sites (tertiary alicyclic amines) is 1. The molecule has 6 nitrogen and oxygen atoms in total. The molecule has 1 amide bonds. The van der Waals surface area contributed by atoms with Crippen molar-refractivity contribution in [3.05, 3.63) is 35.4 Å². The van der Waals surface area contributed by atoms with Gasteiger partial charge in [0.15, 0.2) is 0 Å². The van der Waals surface area contributed by atoms with Gasteiger partial charge in [-0.25, -0.2) is 13.1 Å². The zero-order valence-corrected chi connectivity index (χ0v) is 19.1. The Morgan fingerprint density at radius 2 is 2.10 bits per heavy atom. The average Bonchev–Trinajstić information content (AvgIpc) is 3.06. The fourth-order valence-corrected chi connectivity index (χ4v) is 4.79. The van der Waals surface area contributed by atoms with E-state index in [1.165, 1.54) is 0 Å². The first kappa shape index (κ1) is 22.8. The van der Waals surface area contributed by atoms with Crippen molar-refractivity contribution in [2.24, 2.45) is 11.3 Å². The van der Waals surface area contributed by atoms with Crippen molar-refractivity contribution in [1.29, 1.82) is 0 Å². The Morgan fingerprint density at radius 1 is 1.37 bits per heavy atom. The number of amides is 1. The van der Waals surface area contributed by atoms with Crippen LogP contribution in [-0.2, 0) is 26.0 Å². The van der Waals surface area contributed by atoms with Gasteiger partial charge in [-0.15, -0.1) is 0 Å². The second-order valence-electron chi connectivity index (χ2n) is 8.88. The summed E-state index contributed by atoms with van der Waals surface area (Å²) in [4.78, 5) is 14.6. The third-order valence-electron chi connectivity index (χ3n) is 5.76. The van der Waals surface area contributed by atoms with Gasteiger partial charge in [0.05, 0.1) is 30.4 Å². The summed E-state index contributed by atoms with van der Waals surface area (Å²) < 4.78 is 32.4. The third-order valence-corrected chi connectivity index (χ3v) is 7.18. The molecule has 2 aliphatic rings. The van der Waals surface area contributed by atoms with Crippen molar-refractivity contribution < 1.29 is 17.9 Å². The third kappa shape index (κ3) is 5.42. The topological polar surface area (TPSA) is 75.7 Å². The zero-order valence-electron chi connectivity index (χ0n) is 18.3. The first-order valence-electron chi connectivity index (χ1n) is 10.6. The Labute approximate surface area is 180 Å². The highest BCUT2D eigenvalue weighted by atomic mass is 32.2. The normalized spacial score (nSPS) is 23.0. The van der Waals surface area contributed by atoms with E-state index in [-0.39, 0.29) is 35.1 Å². The number of carbonyl (C=O) groups excluding carboxylic acids is 1. The minimum absolute atomic E-state index is 0.0297. The number of hydrogen-bond donors (Lipinski definition) is 1. The minimum atomic E-state index is -3.35. The number of sulfonamides is 1. The zero-order chi connectivity index (χ0) is 21.9. The highest BCUT2D eigenvalue weighted by Crippen LogP contribution is 2.26. The summed E-state index contributed by atoms with van der Waals surface area (Å²) in [5.74, 6) is 6.50. The van der Waals surface area contributed by atoms with Gasteiger partial charge in [0, 0.05) is 24.1 Å². The van der Waals surface area contributed by atoms with E-state index in [0.717, 1.165) is 11.1 Å². The molecule has 1 aromatic rings. The summed E-state index contributed by atoms with van der Waals surface area (Å²) in [6.45, 7) is 9.36. The number of nitrogens with one attached hydrogen (secondary N) is 1. The van der Waals surface area contributed by atoms with Gasteiger partial charge in [-0.2, -0.15) is 0 Å². The van der Waals surface area contributed by atoms with Crippen LogP contribution >= 0.6 is 0 Å². The summed E-state index contributed by atoms with van der Waals surface area (Å²) in [7, 11) is -3.35. The molecule has 2 heterocycles. The molecule has 30 heavy (non-hydrogen) atoms. The highest BCUT2D eigenvalue weighted by molar-refractivity contribution is 7.89. The van der Waals surface area contributed by atoms with Crippen molar-refractivity contribution in [3.63, 3.8) is 0 Å². The van der Waals surface area contributed by atoms with Gasteiger partial charge in [0.2, 0.25) is 15.9 Å². The number of benzene rings is 1. The average molecular weight is 433 g/mol. The van der Waals surface area contributed by atoms with Gasteiger partial charge in [0.25, 0.3) is 0 Å². The largest absolute Gasteiger partial charge is 0.378 e. The Bertz CT molecular complexity index is 941. The van der Waals surface area contributed by atoms with Crippen LogP contribution in [0.25, 0.3) is 0 Å². The molecule has 3 rings (SSSR count). The lowest BCUT2D eigenvalue weighted by atomic mass is 9.89. The molecule has 2 fully saturated rings. The monoisotopic (exact) mass is 432 g/mol. The van der Waals surface area contributed by atoms with E-state index in [9.17, 15) is 13.2 Å². The molecule has 0 aromatic heterocycles. The molecule has 1 aromatic carbocycles. The van der Waals surface area contributed by atoms with Gasteiger partial charge in [-0.05, 0) is 44.4 Å².